The number of anilines is 3. The van der Waals surface area contributed by atoms with E-state index in [0.29, 0.717) is 16.3 Å². The molecule has 0 aliphatic heterocycles. The number of aromatic nitrogens is 2. The number of halogens is 1. The molecule has 0 bridgehead atoms. The molecule has 1 aromatic heterocycles. The van der Waals surface area contributed by atoms with Gasteiger partial charge in [0, 0.05) is 25.3 Å². The predicted octanol–water partition coefficient (Wildman–Crippen LogP) is 1.90. The highest BCUT2D eigenvalue weighted by atomic mass is 35.5. The highest BCUT2D eigenvalue weighted by Crippen LogP contribution is 2.33. The predicted molar refractivity (Wildman–Crippen MR) is 80.3 cm³/mol. The topological polar surface area (TPSA) is 105 Å². The highest BCUT2D eigenvalue weighted by Gasteiger charge is 2.16. The average molecular weight is 289 g/mol. The number of nitrogens with zero attached hydrogens (tertiary/aromatic N) is 4. The molecule has 0 amide bonds. The third kappa shape index (κ3) is 2.44. The van der Waals surface area contributed by atoms with Crippen molar-refractivity contribution < 1.29 is 0 Å². The van der Waals surface area contributed by atoms with Crippen LogP contribution >= 0.6 is 11.6 Å². The first-order chi connectivity index (χ1) is 9.43. The van der Waals surface area contributed by atoms with E-state index >= 15 is 0 Å². The van der Waals surface area contributed by atoms with Crippen LogP contribution in [0.25, 0.3) is 11.3 Å². The Balaban J connectivity index is 2.66. The molecule has 0 saturated heterocycles. The van der Waals surface area contributed by atoms with E-state index in [1.807, 2.05) is 31.1 Å². The molecule has 4 N–H and O–H groups in total. The van der Waals surface area contributed by atoms with E-state index in [9.17, 15) is 5.26 Å². The second kappa shape index (κ2) is 5.23. The van der Waals surface area contributed by atoms with Crippen LogP contribution in [0.2, 0.25) is 5.02 Å². The Bertz CT molecular complexity index is 705. The summed E-state index contributed by atoms with van der Waals surface area (Å²) >= 11 is 6.26. The summed E-state index contributed by atoms with van der Waals surface area (Å²) < 4.78 is 0. The number of nitrogen functional groups attached to an aromatic ring is 2. The molecule has 0 spiro atoms. The van der Waals surface area contributed by atoms with Gasteiger partial charge in [-0.15, -0.1) is 0 Å². The Morgan fingerprint density at radius 1 is 1.25 bits per heavy atom. The molecule has 0 aliphatic carbocycles. The maximum atomic E-state index is 9.18. The van der Waals surface area contributed by atoms with Crippen LogP contribution in [0.5, 0.6) is 0 Å². The number of hydrogen-bond donors (Lipinski definition) is 2. The zero-order chi connectivity index (χ0) is 14.9. The molecule has 2 rings (SSSR count). The van der Waals surface area contributed by atoms with E-state index in [0.717, 1.165) is 5.69 Å². The van der Waals surface area contributed by atoms with Gasteiger partial charge in [-0.2, -0.15) is 10.2 Å². The van der Waals surface area contributed by atoms with E-state index < -0.39 is 0 Å². The molecule has 6 nitrogen and oxygen atoms in total. The number of nitrogens with two attached hydrogens (primary N) is 2. The second-order valence-corrected chi connectivity index (χ2v) is 4.77. The van der Waals surface area contributed by atoms with Crippen LogP contribution in [-0.2, 0) is 0 Å². The van der Waals surface area contributed by atoms with Gasteiger partial charge in [-0.3, -0.25) is 0 Å². The summed E-state index contributed by atoms with van der Waals surface area (Å²) in [5.74, 6) is 0.0482. The minimum absolute atomic E-state index is 0.00394. The van der Waals surface area contributed by atoms with Gasteiger partial charge in [-0.1, -0.05) is 11.6 Å². The molecule has 20 heavy (non-hydrogen) atoms. The number of hydrogen-bond acceptors (Lipinski definition) is 6. The normalized spacial score (nSPS) is 10.1. The Labute approximate surface area is 121 Å². The van der Waals surface area contributed by atoms with Crippen molar-refractivity contribution >= 4 is 29.1 Å². The van der Waals surface area contributed by atoms with Crippen LogP contribution in [0.15, 0.2) is 18.2 Å². The van der Waals surface area contributed by atoms with Gasteiger partial charge in [0.15, 0.2) is 0 Å². The molecular formula is C13H13ClN6. The lowest BCUT2D eigenvalue weighted by Gasteiger charge is -2.14. The van der Waals surface area contributed by atoms with Gasteiger partial charge in [0.1, 0.15) is 17.5 Å². The Morgan fingerprint density at radius 2 is 1.95 bits per heavy atom. The summed E-state index contributed by atoms with van der Waals surface area (Å²) in [6.45, 7) is 0. The summed E-state index contributed by atoms with van der Waals surface area (Å²) in [7, 11) is 3.82. The van der Waals surface area contributed by atoms with Crippen molar-refractivity contribution in [3.05, 3.63) is 28.8 Å². The Kier molecular flexibility index (Phi) is 3.63. The van der Waals surface area contributed by atoms with E-state index in [1.54, 1.807) is 12.1 Å². The highest BCUT2D eigenvalue weighted by molar-refractivity contribution is 6.33. The van der Waals surface area contributed by atoms with Crippen molar-refractivity contribution in [1.29, 1.82) is 5.26 Å². The minimum atomic E-state index is 0.00394. The van der Waals surface area contributed by atoms with Crippen LogP contribution in [0.3, 0.4) is 0 Å². The molecule has 102 valence electrons. The third-order valence-corrected chi connectivity index (χ3v) is 3.10. The van der Waals surface area contributed by atoms with Crippen molar-refractivity contribution in [2.75, 3.05) is 30.5 Å². The smallest absolute Gasteiger partial charge is 0.222 e. The van der Waals surface area contributed by atoms with Gasteiger partial charge >= 0.3 is 0 Å². The molecule has 1 aromatic carbocycles. The van der Waals surface area contributed by atoms with Crippen LogP contribution in [0.1, 0.15) is 5.56 Å². The van der Waals surface area contributed by atoms with Crippen molar-refractivity contribution in [2.45, 2.75) is 0 Å². The van der Waals surface area contributed by atoms with Crippen molar-refractivity contribution in [3.63, 3.8) is 0 Å². The number of nitriles is 1. The summed E-state index contributed by atoms with van der Waals surface area (Å²) in [6.07, 6.45) is 0. The Morgan fingerprint density at radius 3 is 2.50 bits per heavy atom. The van der Waals surface area contributed by atoms with Gasteiger partial charge in [0.25, 0.3) is 0 Å². The first-order valence-corrected chi connectivity index (χ1v) is 6.12. The fourth-order valence-corrected chi connectivity index (χ4v) is 2.04. The lowest BCUT2D eigenvalue weighted by Crippen LogP contribution is -2.09. The summed E-state index contributed by atoms with van der Waals surface area (Å²) in [4.78, 5) is 9.77. The van der Waals surface area contributed by atoms with E-state index in [4.69, 9.17) is 23.1 Å². The largest absolute Gasteiger partial charge is 0.382 e. The summed E-state index contributed by atoms with van der Waals surface area (Å²) in [5.41, 5.74) is 13.3. The fraction of sp³-hybridized carbons (Fsp3) is 0.154. The van der Waals surface area contributed by atoms with Crippen LogP contribution in [-0.4, -0.2) is 24.1 Å². The molecule has 0 fully saturated rings. The first-order valence-electron chi connectivity index (χ1n) is 5.74. The zero-order valence-corrected chi connectivity index (χ0v) is 11.8. The van der Waals surface area contributed by atoms with Gasteiger partial charge in [-0.05, 0) is 18.2 Å². The molecule has 0 saturated carbocycles. The molecule has 0 atom stereocenters. The molecule has 2 aromatic rings. The molecule has 0 unspecified atom stereocenters. The van der Waals surface area contributed by atoms with Gasteiger partial charge in [0.2, 0.25) is 5.95 Å². The lowest BCUT2D eigenvalue weighted by molar-refractivity contribution is 1.13. The molecule has 0 aliphatic rings. The van der Waals surface area contributed by atoms with E-state index in [1.165, 1.54) is 0 Å². The fourth-order valence-electron chi connectivity index (χ4n) is 1.78. The van der Waals surface area contributed by atoms with Crippen molar-refractivity contribution in [1.82, 2.24) is 9.97 Å². The van der Waals surface area contributed by atoms with E-state index in [2.05, 4.69) is 9.97 Å². The zero-order valence-electron chi connectivity index (χ0n) is 11.1. The van der Waals surface area contributed by atoms with Gasteiger partial charge < -0.3 is 16.4 Å². The maximum absolute atomic E-state index is 9.18. The quantitative estimate of drug-likeness (QED) is 0.874. The third-order valence-electron chi connectivity index (χ3n) is 2.79. The molecule has 0 radical (unpaired) electrons. The standard InChI is InChI=1S/C13H13ClN6/c1-20(2)7-3-4-8(10(14)5-7)11-9(6-15)12(16)19-13(17)18-11/h3-5H,1-2H3,(H4,16,17,18,19). The van der Waals surface area contributed by atoms with Crippen LogP contribution in [0, 0.1) is 11.3 Å². The van der Waals surface area contributed by atoms with E-state index in [-0.39, 0.29) is 17.3 Å². The second-order valence-electron chi connectivity index (χ2n) is 4.36. The van der Waals surface area contributed by atoms with Gasteiger partial charge in [0.05, 0.1) is 10.7 Å². The van der Waals surface area contributed by atoms with Crippen molar-refractivity contribution in [2.24, 2.45) is 0 Å². The Hall–Kier alpha value is -2.52. The molecule has 7 heteroatoms. The first kappa shape index (κ1) is 13.9. The summed E-state index contributed by atoms with van der Waals surface area (Å²) in [5, 5.41) is 9.65. The molecular weight excluding hydrogens is 276 g/mol. The SMILES string of the molecule is CN(C)c1ccc(-c2nc(N)nc(N)c2C#N)c(Cl)c1. The average Bonchev–Trinajstić information content (AvgIpc) is 2.37. The lowest BCUT2D eigenvalue weighted by atomic mass is 10.1. The minimum Gasteiger partial charge on any atom is -0.382 e. The number of benzene rings is 1. The monoisotopic (exact) mass is 288 g/mol. The van der Waals surface area contributed by atoms with Crippen LogP contribution in [0.4, 0.5) is 17.5 Å². The summed E-state index contributed by atoms with van der Waals surface area (Å²) in [6, 6.07) is 7.41. The van der Waals surface area contributed by atoms with Crippen molar-refractivity contribution in [3.8, 4) is 17.3 Å². The molecule has 1 heterocycles. The number of rotatable bonds is 2. The maximum Gasteiger partial charge on any atom is 0.222 e. The van der Waals surface area contributed by atoms with Gasteiger partial charge in [-0.25, -0.2) is 4.98 Å². The van der Waals surface area contributed by atoms with Crippen LogP contribution < -0.4 is 16.4 Å².